The summed E-state index contributed by atoms with van der Waals surface area (Å²) in [7, 11) is 0. The molecule has 0 saturated heterocycles. The molecule has 0 bridgehead atoms. The molecule has 2 N–H and O–H groups in total. The molecule has 166 valence electrons. The lowest BCUT2D eigenvalue weighted by Crippen LogP contribution is -2.48. The van der Waals surface area contributed by atoms with E-state index in [1.54, 1.807) is 0 Å². The van der Waals surface area contributed by atoms with Crippen molar-refractivity contribution in [2.24, 2.45) is 5.92 Å². The van der Waals surface area contributed by atoms with E-state index in [2.05, 4.69) is 22.8 Å². The standard InChI is InChI=1S/C27H30N2O3/c1-20(2)26(29-25(30)19-32-18-22-13-7-4-8-14-22)27(31)28-24-16-10-9-15-23(24)17-21-11-5-3-6-12-21/h3-16,20,26H,17-19H2,1-2H3,(H,28,31)(H,29,30). The Labute approximate surface area is 189 Å². The van der Waals surface area contributed by atoms with E-state index >= 15 is 0 Å². The van der Waals surface area contributed by atoms with Crippen LogP contribution in [-0.4, -0.2) is 24.5 Å². The van der Waals surface area contributed by atoms with Gasteiger partial charge in [0, 0.05) is 5.69 Å². The number of ether oxygens (including phenoxy) is 1. The molecule has 5 heteroatoms. The first-order valence-corrected chi connectivity index (χ1v) is 10.9. The summed E-state index contributed by atoms with van der Waals surface area (Å²) in [5.74, 6) is -0.626. The van der Waals surface area contributed by atoms with Crippen molar-refractivity contribution >= 4 is 17.5 Å². The molecule has 0 aliphatic carbocycles. The number of carbonyl (C=O) groups is 2. The molecule has 1 atom stereocenters. The average Bonchev–Trinajstić information content (AvgIpc) is 2.80. The zero-order valence-electron chi connectivity index (χ0n) is 18.6. The molecule has 3 rings (SSSR count). The summed E-state index contributed by atoms with van der Waals surface area (Å²) in [6.07, 6.45) is 0.712. The Morgan fingerprint density at radius 1 is 0.812 bits per heavy atom. The normalized spacial score (nSPS) is 11.7. The molecule has 2 amide bonds. The maximum absolute atomic E-state index is 13.0. The van der Waals surface area contributed by atoms with Gasteiger partial charge in [-0.15, -0.1) is 0 Å². The predicted molar refractivity (Wildman–Crippen MR) is 127 cm³/mol. The Morgan fingerprint density at radius 3 is 2.06 bits per heavy atom. The van der Waals surface area contributed by atoms with Gasteiger partial charge in [-0.05, 0) is 35.1 Å². The van der Waals surface area contributed by atoms with E-state index in [4.69, 9.17) is 4.74 Å². The summed E-state index contributed by atoms with van der Waals surface area (Å²) in [6.45, 7) is 4.06. The molecular weight excluding hydrogens is 400 g/mol. The molecule has 3 aromatic rings. The van der Waals surface area contributed by atoms with Gasteiger partial charge in [0.2, 0.25) is 11.8 Å². The summed E-state index contributed by atoms with van der Waals surface area (Å²) >= 11 is 0. The third kappa shape index (κ3) is 7.06. The minimum Gasteiger partial charge on any atom is -0.367 e. The highest BCUT2D eigenvalue weighted by atomic mass is 16.5. The molecule has 1 unspecified atom stereocenters. The van der Waals surface area contributed by atoms with Crippen LogP contribution in [0, 0.1) is 5.92 Å². The van der Waals surface area contributed by atoms with E-state index in [1.807, 2.05) is 86.6 Å². The SMILES string of the molecule is CC(C)C(NC(=O)COCc1ccccc1)C(=O)Nc1ccccc1Cc1ccccc1. The molecule has 32 heavy (non-hydrogen) atoms. The summed E-state index contributed by atoms with van der Waals surface area (Å²) < 4.78 is 5.50. The van der Waals surface area contributed by atoms with Crippen LogP contribution in [0.1, 0.15) is 30.5 Å². The maximum atomic E-state index is 13.0. The summed E-state index contributed by atoms with van der Waals surface area (Å²) in [4.78, 5) is 25.4. The molecule has 0 heterocycles. The number of hydrogen-bond acceptors (Lipinski definition) is 3. The van der Waals surface area contributed by atoms with Crippen molar-refractivity contribution < 1.29 is 14.3 Å². The van der Waals surface area contributed by atoms with Crippen LogP contribution < -0.4 is 10.6 Å². The zero-order chi connectivity index (χ0) is 22.8. The van der Waals surface area contributed by atoms with Crippen molar-refractivity contribution in [3.63, 3.8) is 0 Å². The molecular formula is C27H30N2O3. The van der Waals surface area contributed by atoms with Gasteiger partial charge < -0.3 is 15.4 Å². The fraction of sp³-hybridized carbons (Fsp3) is 0.259. The number of para-hydroxylation sites is 1. The Hall–Kier alpha value is -3.44. The second kappa shape index (κ2) is 11.8. The number of nitrogens with one attached hydrogen (secondary N) is 2. The van der Waals surface area contributed by atoms with Gasteiger partial charge in [-0.1, -0.05) is 92.7 Å². The molecule has 0 fully saturated rings. The lowest BCUT2D eigenvalue weighted by Gasteiger charge is -2.22. The quantitative estimate of drug-likeness (QED) is 0.495. The minimum absolute atomic E-state index is 0.0747. The minimum atomic E-state index is -0.660. The van der Waals surface area contributed by atoms with Gasteiger partial charge in [0.05, 0.1) is 6.61 Å². The molecule has 0 radical (unpaired) electrons. The van der Waals surface area contributed by atoms with Gasteiger partial charge in [-0.25, -0.2) is 0 Å². The second-order valence-corrected chi connectivity index (χ2v) is 8.08. The van der Waals surface area contributed by atoms with Crippen LogP contribution >= 0.6 is 0 Å². The Bertz CT molecular complexity index is 1000. The van der Waals surface area contributed by atoms with Crippen LogP contribution in [0.2, 0.25) is 0 Å². The maximum Gasteiger partial charge on any atom is 0.247 e. The van der Waals surface area contributed by atoms with E-state index in [0.717, 1.165) is 16.8 Å². The van der Waals surface area contributed by atoms with Crippen molar-refractivity contribution in [3.8, 4) is 0 Å². The number of carbonyl (C=O) groups excluding carboxylic acids is 2. The number of amides is 2. The summed E-state index contributed by atoms with van der Waals surface area (Å²) in [6, 6.07) is 26.8. The van der Waals surface area contributed by atoms with Crippen LogP contribution in [0.25, 0.3) is 0 Å². The Kier molecular flexibility index (Phi) is 8.58. The number of benzene rings is 3. The fourth-order valence-corrected chi connectivity index (χ4v) is 3.41. The van der Waals surface area contributed by atoms with Gasteiger partial charge >= 0.3 is 0 Å². The fourth-order valence-electron chi connectivity index (χ4n) is 3.41. The first-order chi connectivity index (χ1) is 15.5. The molecule has 3 aromatic carbocycles. The molecule has 0 aliphatic heterocycles. The highest BCUT2D eigenvalue weighted by Gasteiger charge is 2.24. The molecule has 0 spiro atoms. The lowest BCUT2D eigenvalue weighted by atomic mass is 10.0. The average molecular weight is 431 g/mol. The van der Waals surface area contributed by atoms with Crippen molar-refractivity contribution in [2.45, 2.75) is 32.9 Å². The van der Waals surface area contributed by atoms with Crippen molar-refractivity contribution in [2.75, 3.05) is 11.9 Å². The van der Waals surface area contributed by atoms with Gasteiger partial charge in [0.15, 0.2) is 0 Å². The van der Waals surface area contributed by atoms with Crippen LogP contribution in [0.3, 0.4) is 0 Å². The lowest BCUT2D eigenvalue weighted by molar-refractivity contribution is -0.130. The first-order valence-electron chi connectivity index (χ1n) is 10.9. The van der Waals surface area contributed by atoms with E-state index < -0.39 is 6.04 Å². The van der Waals surface area contributed by atoms with E-state index in [1.165, 1.54) is 5.56 Å². The van der Waals surface area contributed by atoms with E-state index in [-0.39, 0.29) is 24.3 Å². The van der Waals surface area contributed by atoms with Crippen LogP contribution in [0.4, 0.5) is 5.69 Å². The molecule has 0 aliphatic rings. The smallest absolute Gasteiger partial charge is 0.247 e. The predicted octanol–water partition coefficient (Wildman–Crippen LogP) is 4.57. The van der Waals surface area contributed by atoms with Crippen molar-refractivity contribution in [1.82, 2.24) is 5.32 Å². The van der Waals surface area contributed by atoms with Gasteiger partial charge in [-0.3, -0.25) is 9.59 Å². The molecule has 5 nitrogen and oxygen atoms in total. The van der Waals surface area contributed by atoms with Crippen LogP contribution in [-0.2, 0) is 27.4 Å². The third-order valence-corrected chi connectivity index (χ3v) is 5.12. The Morgan fingerprint density at radius 2 is 1.41 bits per heavy atom. The summed E-state index contributed by atoms with van der Waals surface area (Å²) in [5, 5.41) is 5.82. The highest BCUT2D eigenvalue weighted by Crippen LogP contribution is 2.20. The van der Waals surface area contributed by atoms with Gasteiger partial charge in [0.1, 0.15) is 12.6 Å². The molecule has 0 saturated carbocycles. The Balaban J connectivity index is 1.58. The summed E-state index contributed by atoms with van der Waals surface area (Å²) in [5.41, 5.74) is 3.93. The molecule has 0 aromatic heterocycles. The zero-order valence-corrected chi connectivity index (χ0v) is 18.6. The largest absolute Gasteiger partial charge is 0.367 e. The first kappa shape index (κ1) is 23.2. The number of hydrogen-bond donors (Lipinski definition) is 2. The van der Waals surface area contributed by atoms with Gasteiger partial charge in [0.25, 0.3) is 0 Å². The topological polar surface area (TPSA) is 67.4 Å². The number of rotatable bonds is 10. The second-order valence-electron chi connectivity index (χ2n) is 8.08. The van der Waals surface area contributed by atoms with Crippen LogP contribution in [0.15, 0.2) is 84.9 Å². The van der Waals surface area contributed by atoms with Crippen molar-refractivity contribution in [3.05, 3.63) is 102 Å². The van der Waals surface area contributed by atoms with E-state index in [0.29, 0.717) is 13.0 Å². The highest BCUT2D eigenvalue weighted by molar-refractivity contribution is 5.98. The van der Waals surface area contributed by atoms with Crippen molar-refractivity contribution in [1.29, 1.82) is 0 Å². The third-order valence-electron chi connectivity index (χ3n) is 5.12. The van der Waals surface area contributed by atoms with Gasteiger partial charge in [-0.2, -0.15) is 0 Å². The van der Waals surface area contributed by atoms with E-state index in [9.17, 15) is 9.59 Å². The number of anilines is 1. The van der Waals surface area contributed by atoms with Crippen LogP contribution in [0.5, 0.6) is 0 Å². The monoisotopic (exact) mass is 430 g/mol.